The van der Waals surface area contributed by atoms with E-state index in [0.29, 0.717) is 6.42 Å². The molecule has 0 saturated heterocycles. The van der Waals surface area contributed by atoms with Crippen LogP contribution in [-0.2, 0) is 6.42 Å². The number of halogens is 1. The molecule has 0 aliphatic rings. The smallest absolute Gasteiger partial charge is 0.117 e. The molecule has 13 heavy (non-hydrogen) atoms. The summed E-state index contributed by atoms with van der Waals surface area (Å²) in [6.45, 7) is 1.76. The van der Waals surface area contributed by atoms with Crippen LogP contribution in [0, 0.1) is 0 Å². The zero-order chi connectivity index (χ0) is 9.03. The lowest BCUT2D eigenvalue weighted by Gasteiger charge is -2.22. The molecule has 2 nitrogen and oxygen atoms in total. The number of hydrogen-bond acceptors (Lipinski definition) is 2. The molecule has 2 N–H and O–H groups in total. The van der Waals surface area contributed by atoms with Gasteiger partial charge in [0, 0.05) is 6.42 Å². The predicted octanol–water partition coefficient (Wildman–Crippen LogP) is 1.58. The second-order valence-corrected chi connectivity index (χ2v) is 3.19. The first-order valence-electron chi connectivity index (χ1n) is 4.09. The fourth-order valence-corrected chi connectivity index (χ4v) is 1.08. The molecule has 0 amide bonds. The number of likely N-dealkylation sites (N-methyl/N-ethyl adjacent to an activating group) is 1. The lowest BCUT2D eigenvalue weighted by molar-refractivity contribution is 0.0326. The molecule has 0 aliphatic carbocycles. The Balaban J connectivity index is 0.00000144. The van der Waals surface area contributed by atoms with Crippen molar-refractivity contribution in [3.63, 3.8) is 0 Å². The van der Waals surface area contributed by atoms with Crippen LogP contribution in [0.15, 0.2) is 30.3 Å². The zero-order valence-corrected chi connectivity index (χ0v) is 8.77. The molecule has 74 valence electrons. The Bertz CT molecular complexity index is 236. The van der Waals surface area contributed by atoms with Gasteiger partial charge in [-0.05, 0) is 19.5 Å². The Hall–Kier alpha value is -0.570. The fraction of sp³-hybridized carbons (Fsp3) is 0.400. The van der Waals surface area contributed by atoms with Crippen LogP contribution in [0.2, 0.25) is 0 Å². The third-order valence-electron chi connectivity index (χ3n) is 1.93. The van der Waals surface area contributed by atoms with Crippen molar-refractivity contribution in [2.24, 2.45) is 0 Å². The normalized spacial score (nSPS) is 14.4. The minimum absolute atomic E-state index is 0. The van der Waals surface area contributed by atoms with Gasteiger partial charge in [-0.25, -0.2) is 0 Å². The molecule has 1 rings (SSSR count). The highest BCUT2D eigenvalue weighted by Crippen LogP contribution is 2.08. The predicted molar refractivity (Wildman–Crippen MR) is 57.1 cm³/mol. The summed E-state index contributed by atoms with van der Waals surface area (Å²) in [4.78, 5) is 0. The SMILES string of the molecule is CNC(C)(O)Cc1ccccc1.Cl. The number of nitrogens with one attached hydrogen (secondary N) is 1. The Morgan fingerprint density at radius 2 is 1.85 bits per heavy atom. The van der Waals surface area contributed by atoms with E-state index in [1.165, 1.54) is 0 Å². The highest BCUT2D eigenvalue weighted by atomic mass is 35.5. The first-order chi connectivity index (χ1) is 5.64. The van der Waals surface area contributed by atoms with Crippen molar-refractivity contribution in [1.29, 1.82) is 0 Å². The van der Waals surface area contributed by atoms with E-state index in [1.807, 2.05) is 30.3 Å². The van der Waals surface area contributed by atoms with Crippen molar-refractivity contribution in [3.8, 4) is 0 Å². The largest absolute Gasteiger partial charge is 0.376 e. The van der Waals surface area contributed by atoms with E-state index in [4.69, 9.17) is 0 Å². The summed E-state index contributed by atoms with van der Waals surface area (Å²) < 4.78 is 0. The van der Waals surface area contributed by atoms with Crippen LogP contribution in [0.3, 0.4) is 0 Å². The van der Waals surface area contributed by atoms with Crippen LogP contribution >= 0.6 is 12.4 Å². The van der Waals surface area contributed by atoms with Crippen LogP contribution in [0.1, 0.15) is 12.5 Å². The molecule has 0 bridgehead atoms. The van der Waals surface area contributed by atoms with Crippen LogP contribution in [0.4, 0.5) is 0 Å². The molecular weight excluding hydrogens is 186 g/mol. The van der Waals surface area contributed by atoms with Gasteiger partial charge < -0.3 is 5.11 Å². The molecule has 3 heteroatoms. The van der Waals surface area contributed by atoms with Gasteiger partial charge in [0.2, 0.25) is 0 Å². The molecule has 0 aliphatic heterocycles. The molecule has 1 aromatic carbocycles. The molecule has 0 spiro atoms. The maximum Gasteiger partial charge on any atom is 0.117 e. The van der Waals surface area contributed by atoms with Crippen LogP contribution < -0.4 is 5.32 Å². The number of aliphatic hydroxyl groups is 1. The Morgan fingerprint density at radius 3 is 2.31 bits per heavy atom. The van der Waals surface area contributed by atoms with E-state index in [2.05, 4.69) is 5.32 Å². The van der Waals surface area contributed by atoms with E-state index in [-0.39, 0.29) is 12.4 Å². The molecule has 0 aromatic heterocycles. The lowest BCUT2D eigenvalue weighted by atomic mass is 10.0. The zero-order valence-electron chi connectivity index (χ0n) is 7.95. The molecule has 0 radical (unpaired) electrons. The maximum atomic E-state index is 9.67. The number of rotatable bonds is 3. The van der Waals surface area contributed by atoms with Gasteiger partial charge in [-0.2, -0.15) is 0 Å². The van der Waals surface area contributed by atoms with Crippen molar-refractivity contribution in [1.82, 2.24) is 5.32 Å². The summed E-state index contributed by atoms with van der Waals surface area (Å²) >= 11 is 0. The summed E-state index contributed by atoms with van der Waals surface area (Å²) in [5.74, 6) is 0. The standard InChI is InChI=1S/C10H15NO.ClH/c1-10(12,11-2)8-9-6-4-3-5-7-9;/h3-7,11-12H,8H2,1-2H3;1H. The van der Waals surface area contributed by atoms with E-state index < -0.39 is 5.72 Å². The highest BCUT2D eigenvalue weighted by molar-refractivity contribution is 5.85. The van der Waals surface area contributed by atoms with E-state index >= 15 is 0 Å². The summed E-state index contributed by atoms with van der Waals surface area (Å²) in [5, 5.41) is 12.5. The third kappa shape index (κ3) is 4.27. The topological polar surface area (TPSA) is 32.3 Å². The molecule has 1 aromatic rings. The van der Waals surface area contributed by atoms with E-state index in [1.54, 1.807) is 14.0 Å². The number of benzene rings is 1. The van der Waals surface area contributed by atoms with Gasteiger partial charge in [0.15, 0.2) is 0 Å². The quantitative estimate of drug-likeness (QED) is 0.728. The molecule has 0 heterocycles. The minimum atomic E-state index is -0.804. The summed E-state index contributed by atoms with van der Waals surface area (Å²) in [5.41, 5.74) is 0.332. The second kappa shape index (κ2) is 5.22. The highest BCUT2D eigenvalue weighted by Gasteiger charge is 2.16. The Morgan fingerprint density at radius 1 is 1.31 bits per heavy atom. The summed E-state index contributed by atoms with van der Waals surface area (Å²) in [6.07, 6.45) is 0.629. The minimum Gasteiger partial charge on any atom is -0.376 e. The lowest BCUT2D eigenvalue weighted by Crippen LogP contribution is -2.41. The molecule has 1 unspecified atom stereocenters. The van der Waals surface area contributed by atoms with Gasteiger partial charge in [-0.3, -0.25) is 5.32 Å². The Kier molecular flexibility index (Phi) is 4.99. The Labute approximate surface area is 85.4 Å². The van der Waals surface area contributed by atoms with Crippen molar-refractivity contribution in [2.75, 3.05) is 7.05 Å². The first-order valence-corrected chi connectivity index (χ1v) is 4.09. The summed E-state index contributed by atoms with van der Waals surface area (Å²) in [6, 6.07) is 9.93. The maximum absolute atomic E-state index is 9.67. The molecule has 1 atom stereocenters. The van der Waals surface area contributed by atoms with Crippen LogP contribution in [0.5, 0.6) is 0 Å². The summed E-state index contributed by atoms with van der Waals surface area (Å²) in [7, 11) is 1.75. The first kappa shape index (κ1) is 12.4. The molecule has 0 saturated carbocycles. The third-order valence-corrected chi connectivity index (χ3v) is 1.93. The molecular formula is C10H16ClNO. The monoisotopic (exact) mass is 201 g/mol. The van der Waals surface area contributed by atoms with Gasteiger partial charge in [0.05, 0.1) is 0 Å². The second-order valence-electron chi connectivity index (χ2n) is 3.19. The van der Waals surface area contributed by atoms with E-state index in [9.17, 15) is 5.11 Å². The van der Waals surface area contributed by atoms with Crippen LogP contribution in [0.25, 0.3) is 0 Å². The van der Waals surface area contributed by atoms with Gasteiger partial charge in [-0.1, -0.05) is 30.3 Å². The van der Waals surface area contributed by atoms with Crippen LogP contribution in [-0.4, -0.2) is 17.9 Å². The average molecular weight is 202 g/mol. The van der Waals surface area contributed by atoms with Gasteiger partial charge in [-0.15, -0.1) is 12.4 Å². The fourth-order valence-electron chi connectivity index (χ4n) is 1.08. The number of hydrogen-bond donors (Lipinski definition) is 2. The van der Waals surface area contributed by atoms with Gasteiger partial charge >= 0.3 is 0 Å². The molecule has 0 fully saturated rings. The average Bonchev–Trinajstić information content (AvgIpc) is 2.06. The van der Waals surface area contributed by atoms with Gasteiger partial charge in [0.25, 0.3) is 0 Å². The van der Waals surface area contributed by atoms with Gasteiger partial charge in [0.1, 0.15) is 5.72 Å². The van der Waals surface area contributed by atoms with Crippen molar-refractivity contribution >= 4 is 12.4 Å². The van der Waals surface area contributed by atoms with E-state index in [0.717, 1.165) is 5.56 Å². The van der Waals surface area contributed by atoms with Crippen molar-refractivity contribution < 1.29 is 5.11 Å². The van der Waals surface area contributed by atoms with Crippen molar-refractivity contribution in [3.05, 3.63) is 35.9 Å². The van der Waals surface area contributed by atoms with Crippen molar-refractivity contribution in [2.45, 2.75) is 19.1 Å².